The van der Waals surface area contributed by atoms with Crippen molar-refractivity contribution in [3.63, 3.8) is 0 Å². The van der Waals surface area contributed by atoms with Gasteiger partial charge in [-0.25, -0.2) is 0 Å². The highest BCUT2D eigenvalue weighted by atomic mass is 14.9. The second-order valence-corrected chi connectivity index (χ2v) is 4.46. The molecule has 1 heterocycles. The summed E-state index contributed by atoms with van der Waals surface area (Å²) in [6.45, 7) is 7.94. The minimum absolute atomic E-state index is 0.348. The summed E-state index contributed by atoms with van der Waals surface area (Å²) >= 11 is 0. The van der Waals surface area contributed by atoms with Crippen LogP contribution in [-0.4, -0.2) is 6.54 Å². The first-order chi connectivity index (χ1) is 6.71. The molecule has 1 aromatic carbocycles. The van der Waals surface area contributed by atoms with Gasteiger partial charge in [-0.2, -0.15) is 0 Å². The number of benzene rings is 1. The van der Waals surface area contributed by atoms with Gasteiger partial charge >= 0.3 is 0 Å². The molecule has 0 unspecified atom stereocenters. The number of nitrogens with one attached hydrogen (secondary N) is 1. The van der Waals surface area contributed by atoms with Crippen LogP contribution in [0.15, 0.2) is 18.2 Å². The number of aryl methyl sites for hydroxylation is 1. The minimum atomic E-state index is 0.348. The van der Waals surface area contributed by atoms with Gasteiger partial charge in [0.2, 0.25) is 0 Å². The molecule has 2 rings (SSSR count). The van der Waals surface area contributed by atoms with Gasteiger partial charge in [0.05, 0.1) is 0 Å². The largest absolute Gasteiger partial charge is 0.384 e. The van der Waals surface area contributed by atoms with E-state index >= 15 is 0 Å². The number of anilines is 1. The third-order valence-corrected chi connectivity index (χ3v) is 3.62. The van der Waals surface area contributed by atoms with E-state index in [2.05, 4.69) is 44.3 Å². The van der Waals surface area contributed by atoms with E-state index in [4.69, 9.17) is 0 Å². The summed E-state index contributed by atoms with van der Waals surface area (Å²) in [6, 6.07) is 6.70. The Bertz CT molecular complexity index is 343. The van der Waals surface area contributed by atoms with Crippen molar-refractivity contribution in [2.45, 2.75) is 39.0 Å². The molecule has 1 aliphatic heterocycles. The van der Waals surface area contributed by atoms with E-state index < -0.39 is 0 Å². The number of hydrogen-bond acceptors (Lipinski definition) is 1. The normalized spacial score (nSPS) is 24.5. The molecule has 76 valence electrons. The molecular formula is C13H19N. The molecule has 0 saturated heterocycles. The molecule has 1 atom stereocenters. The SMILES string of the molecule is CCc1cccc2c1NC[C@]2(C)CC. The first kappa shape index (κ1) is 9.57. The van der Waals surface area contributed by atoms with Crippen LogP contribution in [0.2, 0.25) is 0 Å². The molecule has 0 saturated carbocycles. The van der Waals surface area contributed by atoms with Crippen LogP contribution in [0.25, 0.3) is 0 Å². The van der Waals surface area contributed by atoms with Gasteiger partial charge in [0.1, 0.15) is 0 Å². The van der Waals surface area contributed by atoms with E-state index in [1.54, 1.807) is 0 Å². The van der Waals surface area contributed by atoms with Gasteiger partial charge in [-0.05, 0) is 24.0 Å². The summed E-state index contributed by atoms with van der Waals surface area (Å²) in [5, 5.41) is 3.56. The molecule has 14 heavy (non-hydrogen) atoms. The molecule has 0 aromatic heterocycles. The summed E-state index contributed by atoms with van der Waals surface area (Å²) in [5.41, 5.74) is 4.72. The van der Waals surface area contributed by atoms with E-state index in [-0.39, 0.29) is 0 Å². The van der Waals surface area contributed by atoms with E-state index in [1.807, 2.05) is 0 Å². The van der Waals surface area contributed by atoms with Crippen molar-refractivity contribution in [1.82, 2.24) is 0 Å². The van der Waals surface area contributed by atoms with Gasteiger partial charge in [0, 0.05) is 17.6 Å². The van der Waals surface area contributed by atoms with Crippen molar-refractivity contribution in [2.75, 3.05) is 11.9 Å². The molecule has 0 bridgehead atoms. The Morgan fingerprint density at radius 3 is 2.79 bits per heavy atom. The fraction of sp³-hybridized carbons (Fsp3) is 0.538. The highest BCUT2D eigenvalue weighted by molar-refractivity contribution is 5.64. The Labute approximate surface area is 86.5 Å². The average molecular weight is 189 g/mol. The van der Waals surface area contributed by atoms with Crippen molar-refractivity contribution in [1.29, 1.82) is 0 Å². The lowest BCUT2D eigenvalue weighted by Gasteiger charge is -2.21. The van der Waals surface area contributed by atoms with Gasteiger partial charge < -0.3 is 5.32 Å². The lowest BCUT2D eigenvalue weighted by molar-refractivity contribution is 0.504. The maximum absolute atomic E-state index is 3.56. The van der Waals surface area contributed by atoms with E-state index in [0.29, 0.717) is 5.41 Å². The fourth-order valence-corrected chi connectivity index (χ4v) is 2.30. The second kappa shape index (κ2) is 3.30. The molecule has 1 heteroatoms. The van der Waals surface area contributed by atoms with Crippen molar-refractivity contribution >= 4 is 5.69 Å². The summed E-state index contributed by atoms with van der Waals surface area (Å²) < 4.78 is 0. The highest BCUT2D eigenvalue weighted by Crippen LogP contribution is 2.40. The maximum atomic E-state index is 3.56. The Balaban J connectivity index is 2.52. The molecule has 0 amide bonds. The van der Waals surface area contributed by atoms with Crippen LogP contribution in [0.4, 0.5) is 5.69 Å². The number of fused-ring (bicyclic) bond motifs is 1. The number of hydrogen-bond donors (Lipinski definition) is 1. The smallest absolute Gasteiger partial charge is 0.0411 e. The fourth-order valence-electron chi connectivity index (χ4n) is 2.30. The minimum Gasteiger partial charge on any atom is -0.384 e. The van der Waals surface area contributed by atoms with Gasteiger partial charge in [-0.1, -0.05) is 39.0 Å². The van der Waals surface area contributed by atoms with Crippen LogP contribution in [0.5, 0.6) is 0 Å². The summed E-state index contributed by atoms with van der Waals surface area (Å²) in [4.78, 5) is 0. The topological polar surface area (TPSA) is 12.0 Å². The van der Waals surface area contributed by atoms with Crippen LogP contribution in [0, 0.1) is 0 Å². The first-order valence-corrected chi connectivity index (χ1v) is 5.57. The molecule has 0 fully saturated rings. The monoisotopic (exact) mass is 189 g/mol. The number of rotatable bonds is 2. The van der Waals surface area contributed by atoms with Gasteiger partial charge in [-0.3, -0.25) is 0 Å². The lowest BCUT2D eigenvalue weighted by Crippen LogP contribution is -2.22. The Hall–Kier alpha value is -0.980. The lowest BCUT2D eigenvalue weighted by atomic mass is 9.81. The molecule has 1 aliphatic rings. The summed E-state index contributed by atoms with van der Waals surface area (Å²) in [6.07, 6.45) is 2.33. The van der Waals surface area contributed by atoms with Crippen LogP contribution in [-0.2, 0) is 11.8 Å². The summed E-state index contributed by atoms with van der Waals surface area (Å²) in [7, 11) is 0. The third kappa shape index (κ3) is 1.23. The summed E-state index contributed by atoms with van der Waals surface area (Å²) in [5.74, 6) is 0. The Morgan fingerprint density at radius 2 is 2.14 bits per heavy atom. The van der Waals surface area contributed by atoms with Crippen LogP contribution in [0.1, 0.15) is 38.3 Å². The van der Waals surface area contributed by atoms with Crippen molar-refractivity contribution < 1.29 is 0 Å². The zero-order valence-corrected chi connectivity index (χ0v) is 9.35. The molecule has 1 nitrogen and oxygen atoms in total. The molecule has 0 radical (unpaired) electrons. The van der Waals surface area contributed by atoms with Gasteiger partial charge in [-0.15, -0.1) is 0 Å². The predicted molar refractivity (Wildman–Crippen MR) is 62.0 cm³/mol. The molecule has 1 aromatic rings. The van der Waals surface area contributed by atoms with Crippen LogP contribution >= 0.6 is 0 Å². The third-order valence-electron chi connectivity index (χ3n) is 3.62. The second-order valence-electron chi connectivity index (χ2n) is 4.46. The van der Waals surface area contributed by atoms with Gasteiger partial charge in [0.15, 0.2) is 0 Å². The molecular weight excluding hydrogens is 170 g/mol. The van der Waals surface area contributed by atoms with Crippen molar-refractivity contribution in [3.05, 3.63) is 29.3 Å². The first-order valence-electron chi connectivity index (χ1n) is 5.57. The quantitative estimate of drug-likeness (QED) is 0.752. The average Bonchev–Trinajstić information content (AvgIpc) is 2.58. The zero-order chi connectivity index (χ0) is 10.2. The molecule has 0 aliphatic carbocycles. The van der Waals surface area contributed by atoms with E-state index in [1.165, 1.54) is 23.2 Å². The number of para-hydroxylation sites is 1. The standard InChI is InChI=1S/C13H19N/c1-4-10-7-6-8-11-12(10)14-9-13(11,3)5-2/h6-8,14H,4-5,9H2,1-3H3/t13-/m0/s1. The van der Waals surface area contributed by atoms with E-state index in [9.17, 15) is 0 Å². The highest BCUT2D eigenvalue weighted by Gasteiger charge is 2.33. The van der Waals surface area contributed by atoms with Crippen molar-refractivity contribution in [2.24, 2.45) is 0 Å². The Kier molecular flexibility index (Phi) is 2.26. The zero-order valence-electron chi connectivity index (χ0n) is 9.35. The molecule has 0 spiro atoms. The predicted octanol–water partition coefficient (Wildman–Crippen LogP) is 3.34. The Morgan fingerprint density at radius 1 is 1.36 bits per heavy atom. The van der Waals surface area contributed by atoms with Gasteiger partial charge in [0.25, 0.3) is 0 Å². The van der Waals surface area contributed by atoms with E-state index in [0.717, 1.165) is 13.0 Å². The van der Waals surface area contributed by atoms with Crippen LogP contribution in [0.3, 0.4) is 0 Å². The van der Waals surface area contributed by atoms with Crippen LogP contribution < -0.4 is 5.32 Å². The maximum Gasteiger partial charge on any atom is 0.0411 e. The molecule has 1 N–H and O–H groups in total. The van der Waals surface area contributed by atoms with Crippen molar-refractivity contribution in [3.8, 4) is 0 Å².